The number of carbonyl (C=O) groups is 3. The van der Waals surface area contributed by atoms with Gasteiger partial charge in [-0.05, 0) is 23.3 Å². The third kappa shape index (κ3) is 10.2. The van der Waals surface area contributed by atoms with E-state index in [1.165, 1.54) is 31.5 Å². The summed E-state index contributed by atoms with van der Waals surface area (Å²) >= 11 is 12.9. The zero-order valence-electron chi connectivity index (χ0n) is 24.1. The number of likely N-dealkylation sites (N-methyl/N-ethyl adjacent to an activating group) is 1. The molecule has 10 nitrogen and oxygen atoms in total. The van der Waals surface area contributed by atoms with Gasteiger partial charge in [0.1, 0.15) is 23.6 Å². The lowest BCUT2D eigenvalue weighted by Gasteiger charge is -2.19. The van der Waals surface area contributed by atoms with Crippen LogP contribution in [0, 0.1) is 0 Å². The second-order valence-corrected chi connectivity index (χ2v) is 9.59. The van der Waals surface area contributed by atoms with Crippen LogP contribution < -0.4 is 19.7 Å². The number of carbonyl (C=O) groups excluding carboxylic acids is 3. The van der Waals surface area contributed by atoms with Crippen LogP contribution in [0.4, 0.5) is 24.7 Å². The lowest BCUT2D eigenvalue weighted by molar-refractivity contribution is -0.156. The van der Waals surface area contributed by atoms with E-state index in [1.54, 1.807) is 26.3 Å². The number of amides is 2. The summed E-state index contributed by atoms with van der Waals surface area (Å²) in [4.78, 5) is 43.9. The predicted molar refractivity (Wildman–Crippen MR) is 160 cm³/mol. The second-order valence-electron chi connectivity index (χ2n) is 8.84. The van der Waals surface area contributed by atoms with Crippen molar-refractivity contribution in [2.75, 3.05) is 38.6 Å². The Morgan fingerprint density at radius 1 is 1.05 bits per heavy atom. The van der Waals surface area contributed by atoms with E-state index < -0.39 is 12.5 Å². The van der Waals surface area contributed by atoms with Gasteiger partial charge in [-0.25, -0.2) is 9.97 Å². The predicted octanol–water partition coefficient (Wildman–Crippen LogP) is 5.62. The van der Waals surface area contributed by atoms with Crippen molar-refractivity contribution >= 4 is 52.8 Å². The molecule has 0 saturated heterocycles. The second kappa shape index (κ2) is 16.6. The summed E-state index contributed by atoms with van der Waals surface area (Å²) in [5, 5.41) is 3.29. The number of anilines is 2. The Morgan fingerprint density at radius 3 is 2.18 bits per heavy atom. The van der Waals surface area contributed by atoms with E-state index in [4.69, 9.17) is 42.2 Å². The maximum Gasteiger partial charge on any atom is 0.446 e. The molecule has 1 aromatic heterocycles. The average molecular weight is 657 g/mol. The fourth-order valence-electron chi connectivity index (χ4n) is 3.68. The van der Waals surface area contributed by atoms with E-state index in [0.29, 0.717) is 47.3 Å². The van der Waals surface area contributed by atoms with Gasteiger partial charge in [0.05, 0.1) is 43.0 Å². The van der Waals surface area contributed by atoms with E-state index >= 15 is 0 Å². The highest BCUT2D eigenvalue weighted by molar-refractivity contribution is 6.38. The lowest BCUT2D eigenvalue weighted by atomic mass is 10.0. The molecular weight excluding hydrogens is 628 g/mol. The number of methoxy groups -OCH3 is 3. The van der Waals surface area contributed by atoms with Crippen LogP contribution in [0.2, 0.25) is 10.0 Å². The SMILES string of the molecule is C=CC(=O)Nc1cc(COC)ccc1Cc1cc(N(C)C(=O)Cc2c(Cl)c(OC)cc(OC)c2Cl)ncn1.O=CC(F)(F)F. The highest BCUT2D eigenvalue weighted by Crippen LogP contribution is 2.40. The molecule has 3 rings (SSSR count). The molecule has 0 aliphatic rings. The molecule has 44 heavy (non-hydrogen) atoms. The Kier molecular flexibility index (Phi) is 13.6. The molecule has 0 spiro atoms. The van der Waals surface area contributed by atoms with Crippen molar-refractivity contribution in [2.24, 2.45) is 0 Å². The number of aromatic nitrogens is 2. The molecule has 0 unspecified atom stereocenters. The Hall–Kier alpha value is -4.20. The van der Waals surface area contributed by atoms with Crippen molar-refractivity contribution < 1.29 is 41.8 Å². The summed E-state index contributed by atoms with van der Waals surface area (Å²) in [6.07, 6.45) is -2.86. The summed E-state index contributed by atoms with van der Waals surface area (Å²) in [7, 11) is 6.13. The van der Waals surface area contributed by atoms with Gasteiger partial charge in [0.25, 0.3) is 0 Å². The van der Waals surface area contributed by atoms with E-state index in [-0.39, 0.29) is 28.3 Å². The van der Waals surface area contributed by atoms with Gasteiger partial charge in [0, 0.05) is 44.0 Å². The van der Waals surface area contributed by atoms with Crippen LogP contribution in [0.3, 0.4) is 0 Å². The van der Waals surface area contributed by atoms with Gasteiger partial charge in [-0.2, -0.15) is 13.2 Å². The monoisotopic (exact) mass is 656 g/mol. The third-order valence-corrected chi connectivity index (χ3v) is 6.68. The molecule has 0 saturated carbocycles. The van der Waals surface area contributed by atoms with Crippen LogP contribution in [0.1, 0.15) is 22.4 Å². The maximum absolute atomic E-state index is 13.2. The van der Waals surface area contributed by atoms with Crippen molar-refractivity contribution in [3.05, 3.63) is 81.7 Å². The quantitative estimate of drug-likeness (QED) is 0.209. The van der Waals surface area contributed by atoms with E-state index in [2.05, 4.69) is 21.9 Å². The fourth-order valence-corrected chi connectivity index (χ4v) is 4.32. The van der Waals surface area contributed by atoms with Gasteiger partial charge in [-0.1, -0.05) is 41.9 Å². The average Bonchev–Trinajstić information content (AvgIpc) is 3.00. The Bertz CT molecular complexity index is 1480. The first-order valence-electron chi connectivity index (χ1n) is 12.5. The first-order chi connectivity index (χ1) is 20.8. The van der Waals surface area contributed by atoms with Crippen LogP contribution in [0.25, 0.3) is 0 Å². The first-order valence-corrected chi connectivity index (χ1v) is 13.3. The third-order valence-electron chi connectivity index (χ3n) is 5.85. The molecule has 236 valence electrons. The molecule has 0 aliphatic heterocycles. The van der Waals surface area contributed by atoms with Crippen LogP contribution >= 0.6 is 23.2 Å². The molecule has 2 amide bonds. The Labute approximate surface area is 261 Å². The number of benzene rings is 2. The molecule has 15 heteroatoms. The Balaban J connectivity index is 0.00000102. The molecule has 1 N–H and O–H groups in total. The number of rotatable bonds is 11. The summed E-state index contributed by atoms with van der Waals surface area (Å²) < 4.78 is 47.0. The number of nitrogens with zero attached hydrogens (tertiary/aromatic N) is 3. The van der Waals surface area contributed by atoms with E-state index in [9.17, 15) is 22.8 Å². The van der Waals surface area contributed by atoms with Crippen LogP contribution in [0.15, 0.2) is 49.3 Å². The van der Waals surface area contributed by atoms with Crippen molar-refractivity contribution in [3.63, 3.8) is 0 Å². The molecule has 2 aromatic carbocycles. The van der Waals surface area contributed by atoms with E-state index in [1.807, 2.05) is 18.2 Å². The molecule has 0 aliphatic carbocycles. The van der Waals surface area contributed by atoms with Crippen molar-refractivity contribution in [1.29, 1.82) is 0 Å². The lowest BCUT2D eigenvalue weighted by Crippen LogP contribution is -2.29. The van der Waals surface area contributed by atoms with Gasteiger partial charge in [0.15, 0.2) is 0 Å². The molecule has 0 radical (unpaired) electrons. The molecule has 0 bridgehead atoms. The minimum atomic E-state index is -4.64. The molecule has 0 fully saturated rings. The number of alkyl halides is 3. The number of aldehydes is 1. The Morgan fingerprint density at radius 2 is 1.66 bits per heavy atom. The zero-order valence-corrected chi connectivity index (χ0v) is 25.6. The maximum atomic E-state index is 13.2. The number of ether oxygens (including phenoxy) is 3. The number of hydrogen-bond acceptors (Lipinski definition) is 8. The van der Waals surface area contributed by atoms with Crippen molar-refractivity contribution in [1.82, 2.24) is 9.97 Å². The highest BCUT2D eigenvalue weighted by atomic mass is 35.5. The minimum Gasteiger partial charge on any atom is -0.495 e. The van der Waals surface area contributed by atoms with Gasteiger partial charge in [-0.15, -0.1) is 0 Å². The van der Waals surface area contributed by atoms with E-state index in [0.717, 1.165) is 11.1 Å². The minimum absolute atomic E-state index is 0.111. The smallest absolute Gasteiger partial charge is 0.446 e. The number of nitrogens with one attached hydrogen (secondary N) is 1. The standard InChI is InChI=1S/C27H28Cl2N4O5.C2HF3O/c1-6-24(34)32-20-9-16(14-36-3)7-8-17(20)10-18-11-23(31-15-30-18)33(2)25(35)12-19-26(28)21(37-4)13-22(38-5)27(19)29;3-2(4,5)1-6/h6-9,11,13,15H,1,10,12,14H2,2-5H3,(H,32,34);1H. The first kappa shape index (κ1) is 36.0. The number of halogens is 5. The molecule has 0 atom stereocenters. The van der Waals surface area contributed by atoms with Crippen molar-refractivity contribution in [3.8, 4) is 11.5 Å². The fraction of sp³-hybridized carbons (Fsp3) is 0.276. The summed E-state index contributed by atoms with van der Waals surface area (Å²) in [5.41, 5.74) is 3.36. The van der Waals surface area contributed by atoms with Crippen LogP contribution in [0.5, 0.6) is 11.5 Å². The van der Waals surface area contributed by atoms with Gasteiger partial charge < -0.3 is 19.5 Å². The summed E-state index contributed by atoms with van der Waals surface area (Å²) in [5.74, 6) is 0.435. The van der Waals surface area contributed by atoms with Crippen LogP contribution in [-0.2, 0) is 38.6 Å². The highest BCUT2D eigenvalue weighted by Gasteiger charge is 2.25. The number of hydrogen-bond donors (Lipinski definition) is 1. The topological polar surface area (TPSA) is 120 Å². The van der Waals surface area contributed by atoms with Gasteiger partial charge >= 0.3 is 6.18 Å². The largest absolute Gasteiger partial charge is 0.495 e. The van der Waals surface area contributed by atoms with Gasteiger partial charge in [0.2, 0.25) is 18.1 Å². The van der Waals surface area contributed by atoms with Crippen molar-refractivity contribution in [2.45, 2.75) is 25.6 Å². The summed E-state index contributed by atoms with van der Waals surface area (Å²) in [6, 6.07) is 8.91. The molecule has 1 heterocycles. The summed E-state index contributed by atoms with van der Waals surface area (Å²) in [6.45, 7) is 3.91. The molecule has 3 aromatic rings. The van der Waals surface area contributed by atoms with Gasteiger partial charge in [-0.3, -0.25) is 19.3 Å². The normalized spacial score (nSPS) is 10.7. The molecular formula is C29H29Cl2F3N4O6. The zero-order chi connectivity index (χ0) is 33.0. The van der Waals surface area contributed by atoms with Crippen LogP contribution in [-0.4, -0.2) is 62.6 Å².